The third kappa shape index (κ3) is 5.59. The molecule has 1 atom stereocenters. The van der Waals surface area contributed by atoms with Gasteiger partial charge in [-0.1, -0.05) is 57.7 Å². The lowest BCUT2D eigenvalue weighted by atomic mass is 9.83. The van der Waals surface area contributed by atoms with Gasteiger partial charge in [-0.15, -0.1) is 0 Å². The number of nitrogens with zero attached hydrogens (tertiary/aromatic N) is 4. The Hall–Kier alpha value is -1.90. The van der Waals surface area contributed by atoms with Gasteiger partial charge in [-0.05, 0) is 48.6 Å². The molecule has 5 rings (SSSR count). The summed E-state index contributed by atoms with van der Waals surface area (Å²) < 4.78 is 31.4. The van der Waals surface area contributed by atoms with Crippen LogP contribution in [-0.4, -0.2) is 52.7 Å². The number of aromatic nitrogens is 2. The first-order valence-corrected chi connectivity index (χ1v) is 14.8. The first kappa shape index (κ1) is 24.8. The molecule has 1 aromatic carbocycles. The summed E-state index contributed by atoms with van der Waals surface area (Å²) >= 11 is 0. The Labute approximate surface area is 211 Å². The number of para-hydroxylation sites is 1. The molecule has 3 heterocycles. The van der Waals surface area contributed by atoms with E-state index in [1.165, 1.54) is 25.7 Å². The van der Waals surface area contributed by atoms with Gasteiger partial charge in [0.25, 0.3) is 10.2 Å². The number of piperidine rings is 1. The minimum atomic E-state index is -3.54. The Bertz CT molecular complexity index is 1070. The Balaban J connectivity index is 1.45. The van der Waals surface area contributed by atoms with E-state index >= 15 is 0 Å². The van der Waals surface area contributed by atoms with Gasteiger partial charge in [-0.3, -0.25) is 0 Å². The van der Waals surface area contributed by atoms with Gasteiger partial charge in [0.15, 0.2) is 0 Å². The molecule has 8 heteroatoms. The minimum Gasteiger partial charge on any atom is -0.361 e. The quantitative estimate of drug-likeness (QED) is 0.586. The molecule has 0 amide bonds. The second-order valence-corrected chi connectivity index (χ2v) is 13.5. The van der Waals surface area contributed by atoms with E-state index in [2.05, 4.69) is 46.9 Å². The van der Waals surface area contributed by atoms with Crippen LogP contribution in [0.2, 0.25) is 0 Å². The van der Waals surface area contributed by atoms with Crippen LogP contribution in [0.25, 0.3) is 0 Å². The van der Waals surface area contributed by atoms with Crippen LogP contribution in [0.3, 0.4) is 0 Å². The van der Waals surface area contributed by atoms with Crippen LogP contribution >= 0.6 is 0 Å². The summed E-state index contributed by atoms with van der Waals surface area (Å²) in [5.74, 6) is 0.775. The largest absolute Gasteiger partial charge is 0.361 e. The molecule has 35 heavy (non-hydrogen) atoms. The number of hydrogen-bond acceptors (Lipinski definition) is 4. The summed E-state index contributed by atoms with van der Waals surface area (Å²) in [6.45, 7) is 7.36. The maximum Gasteiger partial charge on any atom is 0.282 e. The lowest BCUT2D eigenvalue weighted by Gasteiger charge is -2.39. The fraction of sp³-hybridized carbons (Fsp3) is 0.667. The van der Waals surface area contributed by atoms with E-state index in [9.17, 15) is 8.42 Å². The average molecular weight is 500 g/mol. The predicted molar refractivity (Wildman–Crippen MR) is 140 cm³/mol. The second-order valence-electron chi connectivity index (χ2n) is 11.6. The first-order valence-electron chi connectivity index (χ1n) is 13.4. The number of imidazole rings is 1. The minimum absolute atomic E-state index is 0.124. The molecular formula is C27H41N5O2S. The molecule has 7 nitrogen and oxygen atoms in total. The van der Waals surface area contributed by atoms with Crippen LogP contribution in [-0.2, 0) is 23.3 Å². The number of benzene rings is 1. The molecule has 1 aromatic heterocycles. The first-order chi connectivity index (χ1) is 16.8. The SMILES string of the molecule is CC1(C)CCN(S(=O)(=O)N2Cc3ccccc3N(Cc3cnc[nH]3)C(CCC3CCCC3)C2)CC1. The smallest absolute Gasteiger partial charge is 0.282 e. The lowest BCUT2D eigenvalue weighted by molar-refractivity contribution is 0.185. The zero-order valence-corrected chi connectivity index (χ0v) is 22.1. The molecule has 1 N–H and O–H groups in total. The third-order valence-corrected chi connectivity index (χ3v) is 10.5. The summed E-state index contributed by atoms with van der Waals surface area (Å²) in [6, 6.07) is 8.48. The highest BCUT2D eigenvalue weighted by molar-refractivity contribution is 7.86. The van der Waals surface area contributed by atoms with Crippen molar-refractivity contribution in [2.45, 2.75) is 84.3 Å². The van der Waals surface area contributed by atoms with E-state index < -0.39 is 10.2 Å². The van der Waals surface area contributed by atoms with Gasteiger partial charge in [-0.25, -0.2) is 4.98 Å². The van der Waals surface area contributed by atoms with Gasteiger partial charge >= 0.3 is 0 Å². The normalized spacial score (nSPS) is 24.4. The molecule has 0 bridgehead atoms. The van der Waals surface area contributed by atoms with Crippen LogP contribution < -0.4 is 4.90 Å². The summed E-state index contributed by atoms with van der Waals surface area (Å²) in [6.07, 6.45) is 12.9. The van der Waals surface area contributed by atoms with E-state index in [4.69, 9.17) is 0 Å². The Morgan fingerprint density at radius 1 is 1.06 bits per heavy atom. The molecule has 192 valence electrons. The highest BCUT2D eigenvalue weighted by atomic mass is 32.2. The number of nitrogens with one attached hydrogen (secondary N) is 1. The zero-order valence-electron chi connectivity index (χ0n) is 21.3. The molecule has 2 aromatic rings. The van der Waals surface area contributed by atoms with Crippen molar-refractivity contribution in [3.8, 4) is 0 Å². The Morgan fingerprint density at radius 2 is 1.80 bits per heavy atom. The van der Waals surface area contributed by atoms with E-state index in [0.717, 1.165) is 48.5 Å². The summed E-state index contributed by atoms with van der Waals surface area (Å²) in [4.78, 5) is 9.93. The summed E-state index contributed by atoms with van der Waals surface area (Å²) in [7, 11) is -3.54. The fourth-order valence-electron chi connectivity index (χ4n) is 6.11. The van der Waals surface area contributed by atoms with Gasteiger partial charge in [-0.2, -0.15) is 17.0 Å². The number of rotatable bonds is 7. The van der Waals surface area contributed by atoms with Gasteiger partial charge in [0.2, 0.25) is 0 Å². The highest BCUT2D eigenvalue weighted by Crippen LogP contribution is 2.37. The maximum absolute atomic E-state index is 14.0. The molecule has 1 saturated heterocycles. The van der Waals surface area contributed by atoms with Crippen LogP contribution in [0.4, 0.5) is 5.69 Å². The molecule has 1 unspecified atom stereocenters. The van der Waals surface area contributed by atoms with Gasteiger partial charge in [0.05, 0.1) is 18.6 Å². The number of anilines is 1. The van der Waals surface area contributed by atoms with Crippen molar-refractivity contribution >= 4 is 15.9 Å². The summed E-state index contributed by atoms with van der Waals surface area (Å²) in [5.41, 5.74) is 3.50. The monoisotopic (exact) mass is 499 g/mol. The van der Waals surface area contributed by atoms with Crippen molar-refractivity contribution in [3.63, 3.8) is 0 Å². The highest BCUT2D eigenvalue weighted by Gasteiger charge is 2.39. The lowest BCUT2D eigenvalue weighted by Crippen LogP contribution is -2.51. The molecule has 1 saturated carbocycles. The van der Waals surface area contributed by atoms with Crippen molar-refractivity contribution in [3.05, 3.63) is 48.0 Å². The van der Waals surface area contributed by atoms with Gasteiger partial charge in [0, 0.05) is 44.1 Å². The molecule has 3 aliphatic rings. The second kappa shape index (κ2) is 10.2. The van der Waals surface area contributed by atoms with Crippen molar-refractivity contribution in [2.24, 2.45) is 11.3 Å². The molecule has 1 aliphatic carbocycles. The fourth-order valence-corrected chi connectivity index (χ4v) is 7.75. The number of aromatic amines is 1. The zero-order chi connectivity index (χ0) is 24.5. The van der Waals surface area contributed by atoms with Gasteiger partial charge in [0.1, 0.15) is 0 Å². The molecule has 2 aliphatic heterocycles. The number of hydrogen-bond donors (Lipinski definition) is 1. The van der Waals surface area contributed by atoms with Crippen LogP contribution in [0.15, 0.2) is 36.8 Å². The van der Waals surface area contributed by atoms with Crippen LogP contribution in [0, 0.1) is 11.3 Å². The number of H-pyrrole nitrogens is 1. The molecule has 0 radical (unpaired) electrons. The van der Waals surface area contributed by atoms with E-state index in [0.29, 0.717) is 32.7 Å². The maximum atomic E-state index is 14.0. The molecule has 0 spiro atoms. The van der Waals surface area contributed by atoms with E-state index in [-0.39, 0.29) is 11.5 Å². The van der Waals surface area contributed by atoms with Crippen molar-refractivity contribution < 1.29 is 8.42 Å². The van der Waals surface area contributed by atoms with Crippen LogP contribution in [0.5, 0.6) is 0 Å². The molecular weight excluding hydrogens is 458 g/mol. The molecule has 2 fully saturated rings. The number of fused-ring (bicyclic) bond motifs is 1. The third-order valence-electron chi connectivity index (χ3n) is 8.51. The summed E-state index contributed by atoms with van der Waals surface area (Å²) in [5, 5.41) is 0. The average Bonchev–Trinajstić information content (AvgIpc) is 3.51. The Kier molecular flexibility index (Phi) is 7.24. The van der Waals surface area contributed by atoms with Gasteiger partial charge < -0.3 is 9.88 Å². The Morgan fingerprint density at radius 3 is 2.51 bits per heavy atom. The van der Waals surface area contributed by atoms with Crippen molar-refractivity contribution in [1.29, 1.82) is 0 Å². The predicted octanol–water partition coefficient (Wildman–Crippen LogP) is 4.94. The van der Waals surface area contributed by atoms with Crippen LogP contribution in [0.1, 0.15) is 76.5 Å². The van der Waals surface area contributed by atoms with Crippen molar-refractivity contribution in [1.82, 2.24) is 18.6 Å². The topological polar surface area (TPSA) is 72.5 Å². The van der Waals surface area contributed by atoms with E-state index in [1.54, 1.807) is 14.9 Å². The van der Waals surface area contributed by atoms with E-state index in [1.807, 2.05) is 12.3 Å². The van der Waals surface area contributed by atoms with Crippen molar-refractivity contribution in [2.75, 3.05) is 24.5 Å². The standard InChI is InChI=1S/C27H41N5O2S/c1-27(2)13-15-30(16-14-27)35(33,34)31-18-23-9-5-6-10-26(23)32(19-24-17-28-21-29-24)25(20-31)12-11-22-7-3-4-8-22/h5-6,9-10,17,21-22,25H,3-4,7-8,11-16,18-20H2,1-2H3,(H,28,29).